The van der Waals surface area contributed by atoms with E-state index in [1.165, 1.54) is 108 Å². The van der Waals surface area contributed by atoms with Crippen LogP contribution in [0.1, 0.15) is 71.9 Å². The van der Waals surface area contributed by atoms with Crippen molar-refractivity contribution < 1.29 is 0 Å². The Bertz CT molecular complexity index is 4550. The maximum atomic E-state index is 4.12. The number of para-hydroxylation sites is 4. The minimum absolute atomic E-state index is 0.268. The zero-order valence-electron chi connectivity index (χ0n) is 52.3. The molecule has 4 heteroatoms. The molecule has 0 fully saturated rings. The maximum absolute atomic E-state index is 4.12. The average Bonchev–Trinajstić information content (AvgIpc) is 1.56. The third-order valence-corrected chi connectivity index (χ3v) is 21.4. The van der Waals surface area contributed by atoms with Crippen LogP contribution in [-0.2, 0) is 18.3 Å². The van der Waals surface area contributed by atoms with Gasteiger partial charge in [-0.2, -0.15) is 0 Å². The molecule has 0 spiro atoms. The molecule has 1 aliphatic rings. The standard InChI is InChI=1S/C89H72N2S2/c1-3-63-29-25-31-65(59-63)27-21-23-57-89(58-24-22-28-66-32-26-30-64(4-2)60-66)81-61-69(87-85(79-41-17-19-43-83(79)92-87)67-45-51-75(52-46-67)90(71-33-9-5-10-34-71)72-35-11-6-12-36-72)49-55-77(81)78-56-50-70(62-82(78)89)88-86(80-42-18-20-44-84(80)93-88)68-47-53-76(54-48-68)91(73-37-13-7-14-38-73)74-39-15-8-16-40-74/h3-20,25-26,29-56,59-62H,1-2,21-24,27-28,57-58H2. The Morgan fingerprint density at radius 1 is 0.312 bits per heavy atom. The second-order valence-corrected chi connectivity index (χ2v) is 26.7. The van der Waals surface area contributed by atoms with Gasteiger partial charge in [0.2, 0.25) is 0 Å². The molecule has 2 aromatic heterocycles. The van der Waals surface area contributed by atoms with Crippen molar-refractivity contribution in [1.29, 1.82) is 0 Å². The van der Waals surface area contributed by atoms with Crippen molar-refractivity contribution in [3.8, 4) is 54.3 Å². The van der Waals surface area contributed by atoms with Crippen LogP contribution in [-0.4, -0.2) is 0 Å². The van der Waals surface area contributed by atoms with E-state index in [4.69, 9.17) is 0 Å². The fourth-order valence-electron chi connectivity index (χ4n) is 14.5. The number of nitrogens with zero attached hydrogens (tertiary/aromatic N) is 2. The number of rotatable bonds is 22. The van der Waals surface area contributed by atoms with E-state index in [0.717, 1.165) is 85.5 Å². The number of hydrogen-bond donors (Lipinski definition) is 0. The Kier molecular flexibility index (Phi) is 16.8. The number of anilines is 6. The van der Waals surface area contributed by atoms with E-state index in [2.05, 4.69) is 326 Å². The normalized spacial score (nSPS) is 12.2. The first-order valence-corrected chi connectivity index (χ1v) is 34.4. The molecule has 0 aliphatic heterocycles. The number of aryl methyl sites for hydroxylation is 2. The third kappa shape index (κ3) is 11.8. The first-order valence-electron chi connectivity index (χ1n) is 32.8. The van der Waals surface area contributed by atoms with Gasteiger partial charge in [0.1, 0.15) is 0 Å². The summed E-state index contributed by atoms with van der Waals surface area (Å²) in [5.41, 5.74) is 24.8. The molecule has 0 unspecified atom stereocenters. The van der Waals surface area contributed by atoms with Crippen molar-refractivity contribution in [3.05, 3.63) is 350 Å². The molecule has 0 atom stereocenters. The summed E-state index contributed by atoms with van der Waals surface area (Å²) in [5.74, 6) is 0. The predicted molar refractivity (Wildman–Crippen MR) is 403 cm³/mol. The maximum Gasteiger partial charge on any atom is 0.0462 e. The highest BCUT2D eigenvalue weighted by Gasteiger charge is 2.43. The minimum atomic E-state index is -0.268. The van der Waals surface area contributed by atoms with Gasteiger partial charge in [-0.1, -0.05) is 244 Å². The number of unbranched alkanes of at least 4 members (excludes halogenated alkanes) is 2. The summed E-state index contributed by atoms with van der Waals surface area (Å²) < 4.78 is 2.59. The van der Waals surface area contributed by atoms with Gasteiger partial charge in [0.15, 0.2) is 0 Å². The highest BCUT2D eigenvalue weighted by Crippen LogP contribution is 2.58. The third-order valence-electron chi connectivity index (χ3n) is 19.0. The molecule has 0 saturated carbocycles. The number of fused-ring (bicyclic) bond motifs is 5. The summed E-state index contributed by atoms with van der Waals surface area (Å²) in [5, 5.41) is 2.57. The van der Waals surface area contributed by atoms with Crippen molar-refractivity contribution >= 4 is 89.1 Å². The molecule has 0 N–H and O–H groups in total. The van der Waals surface area contributed by atoms with Crippen LogP contribution in [0.5, 0.6) is 0 Å². The Balaban J connectivity index is 0.864. The van der Waals surface area contributed by atoms with Crippen LogP contribution in [0.15, 0.2) is 316 Å². The molecule has 93 heavy (non-hydrogen) atoms. The summed E-state index contributed by atoms with van der Waals surface area (Å²) in [6.07, 6.45) is 12.4. The number of hydrogen-bond acceptors (Lipinski definition) is 4. The highest BCUT2D eigenvalue weighted by atomic mass is 32.1. The van der Waals surface area contributed by atoms with E-state index >= 15 is 0 Å². The SMILES string of the molecule is C=Cc1cccc(CCCCC2(CCCCc3cccc(C=C)c3)c3cc(-c4sc5ccccc5c4-c4ccc(N(c5ccccc5)c5ccccc5)cc4)ccc3-c3ccc(-c4sc5ccccc5c4-c4ccc(N(c5ccccc5)c5ccccc5)cc4)cc32)c1. The van der Waals surface area contributed by atoms with Gasteiger partial charge >= 0.3 is 0 Å². The Morgan fingerprint density at radius 3 is 1.03 bits per heavy atom. The van der Waals surface area contributed by atoms with Gasteiger partial charge in [0, 0.05) is 80.6 Å². The summed E-state index contributed by atoms with van der Waals surface area (Å²) >= 11 is 3.85. The largest absolute Gasteiger partial charge is 0.311 e. The van der Waals surface area contributed by atoms with Gasteiger partial charge < -0.3 is 9.80 Å². The lowest BCUT2D eigenvalue weighted by atomic mass is 9.70. The lowest BCUT2D eigenvalue weighted by Crippen LogP contribution is -2.26. The number of benzene rings is 12. The van der Waals surface area contributed by atoms with Gasteiger partial charge in [-0.05, 0) is 202 Å². The van der Waals surface area contributed by atoms with Gasteiger partial charge in [-0.25, -0.2) is 0 Å². The van der Waals surface area contributed by atoms with Crippen LogP contribution in [0.3, 0.4) is 0 Å². The summed E-state index contributed by atoms with van der Waals surface area (Å²) in [6, 6.07) is 113. The average molecular weight is 1230 g/mol. The van der Waals surface area contributed by atoms with Crippen LogP contribution in [0.4, 0.5) is 34.1 Å². The highest BCUT2D eigenvalue weighted by molar-refractivity contribution is 7.23. The quantitative estimate of drug-likeness (QED) is 0.0624. The molecule has 14 aromatic rings. The zero-order chi connectivity index (χ0) is 62.5. The molecule has 2 heterocycles. The smallest absolute Gasteiger partial charge is 0.0462 e. The summed E-state index contributed by atoms with van der Waals surface area (Å²) in [4.78, 5) is 7.31. The zero-order valence-corrected chi connectivity index (χ0v) is 53.9. The van der Waals surface area contributed by atoms with Crippen molar-refractivity contribution in [2.24, 2.45) is 0 Å². The minimum Gasteiger partial charge on any atom is -0.311 e. The van der Waals surface area contributed by atoms with E-state index in [9.17, 15) is 0 Å². The van der Waals surface area contributed by atoms with Crippen molar-refractivity contribution in [2.45, 2.75) is 56.8 Å². The van der Waals surface area contributed by atoms with E-state index in [1.807, 2.05) is 34.8 Å². The van der Waals surface area contributed by atoms with E-state index < -0.39 is 0 Å². The van der Waals surface area contributed by atoms with Crippen molar-refractivity contribution in [2.75, 3.05) is 9.80 Å². The molecular formula is C89H72N2S2. The molecule has 0 radical (unpaired) electrons. The van der Waals surface area contributed by atoms with E-state index in [-0.39, 0.29) is 5.41 Å². The molecule has 450 valence electrons. The van der Waals surface area contributed by atoms with Crippen LogP contribution >= 0.6 is 22.7 Å². The van der Waals surface area contributed by atoms with Crippen LogP contribution in [0.25, 0.3) is 86.6 Å². The first kappa shape index (κ1) is 59.0. The van der Waals surface area contributed by atoms with Gasteiger partial charge in [-0.15, -0.1) is 22.7 Å². The lowest BCUT2D eigenvalue weighted by Gasteiger charge is -2.33. The lowest BCUT2D eigenvalue weighted by molar-refractivity contribution is 0.407. The Morgan fingerprint density at radius 2 is 0.656 bits per heavy atom. The summed E-state index contributed by atoms with van der Waals surface area (Å²) in [6.45, 7) is 8.24. The fraction of sp³-hybridized carbons (Fsp3) is 0.101. The molecule has 2 nitrogen and oxygen atoms in total. The molecule has 1 aliphatic carbocycles. The van der Waals surface area contributed by atoms with Crippen LogP contribution in [0, 0.1) is 0 Å². The van der Waals surface area contributed by atoms with Crippen molar-refractivity contribution in [1.82, 2.24) is 0 Å². The molecular weight excluding hydrogens is 1160 g/mol. The molecule has 12 aromatic carbocycles. The monoisotopic (exact) mass is 1230 g/mol. The fourth-order valence-corrected chi connectivity index (χ4v) is 17.0. The van der Waals surface area contributed by atoms with Crippen LogP contribution in [0.2, 0.25) is 0 Å². The van der Waals surface area contributed by atoms with Crippen LogP contribution < -0.4 is 9.80 Å². The molecule has 15 rings (SSSR count). The van der Waals surface area contributed by atoms with Gasteiger partial charge in [0.05, 0.1) is 0 Å². The van der Waals surface area contributed by atoms with Gasteiger partial charge in [0.25, 0.3) is 0 Å². The van der Waals surface area contributed by atoms with Crippen molar-refractivity contribution in [3.63, 3.8) is 0 Å². The van der Waals surface area contributed by atoms with E-state index in [0.29, 0.717) is 0 Å². The summed E-state index contributed by atoms with van der Waals surface area (Å²) in [7, 11) is 0. The Hall–Kier alpha value is -10.4. The topological polar surface area (TPSA) is 6.48 Å². The van der Waals surface area contributed by atoms with Gasteiger partial charge in [-0.3, -0.25) is 0 Å². The van der Waals surface area contributed by atoms with E-state index in [1.54, 1.807) is 0 Å². The second-order valence-electron chi connectivity index (χ2n) is 24.6. The predicted octanol–water partition coefficient (Wildman–Crippen LogP) is 26.1. The first-order chi connectivity index (χ1) is 46.0. The second kappa shape index (κ2) is 26.5. The number of thiophene rings is 2. The molecule has 0 bridgehead atoms. The Labute approximate surface area is 556 Å². The molecule has 0 saturated heterocycles. The molecule has 0 amide bonds.